The highest BCUT2D eigenvalue weighted by atomic mass is 35.5. The fourth-order valence-corrected chi connectivity index (χ4v) is 3.74. The number of fused-ring (bicyclic) bond motifs is 1. The van der Waals surface area contributed by atoms with Gasteiger partial charge in [-0.15, -0.1) is 0 Å². The van der Waals surface area contributed by atoms with Crippen LogP contribution in [0.4, 0.5) is 0 Å². The lowest BCUT2D eigenvalue weighted by atomic mass is 10.2. The molecule has 1 atom stereocenters. The molecule has 2 amide bonds. The van der Waals surface area contributed by atoms with Gasteiger partial charge in [-0.05, 0) is 43.3 Å². The first-order valence-corrected chi connectivity index (χ1v) is 9.70. The Bertz CT molecular complexity index is 1040. The molecule has 0 aromatic heterocycles. The topological polar surface area (TPSA) is 117 Å². The molecule has 1 aliphatic rings. The van der Waals surface area contributed by atoms with Crippen LogP contribution >= 0.6 is 11.6 Å². The van der Waals surface area contributed by atoms with Gasteiger partial charge in [0.05, 0.1) is 4.90 Å². The molecule has 10 heteroatoms. The van der Waals surface area contributed by atoms with Crippen LogP contribution in [0.2, 0.25) is 5.02 Å². The first-order valence-electron chi connectivity index (χ1n) is 7.84. The smallest absolute Gasteiger partial charge is 0.269 e. The lowest BCUT2D eigenvalue weighted by Crippen LogP contribution is -2.45. The highest BCUT2D eigenvalue weighted by molar-refractivity contribution is 7.90. The largest absolute Gasteiger partial charge is 0.271 e. The fraction of sp³-hybridized carbons (Fsp3) is 0.118. The number of aliphatic imine (C=N–C) groups is 1. The van der Waals surface area contributed by atoms with Crippen molar-refractivity contribution >= 4 is 39.3 Å². The van der Waals surface area contributed by atoms with E-state index in [0.717, 1.165) is 0 Å². The number of hydrazine groups is 1. The Balaban J connectivity index is 1.67. The molecule has 0 bridgehead atoms. The van der Waals surface area contributed by atoms with Crippen molar-refractivity contribution in [3.8, 4) is 0 Å². The fourth-order valence-electron chi connectivity index (χ4n) is 2.38. The van der Waals surface area contributed by atoms with Gasteiger partial charge in [0, 0.05) is 16.1 Å². The Labute approximate surface area is 160 Å². The maximum Gasteiger partial charge on any atom is 0.269 e. The van der Waals surface area contributed by atoms with Crippen molar-refractivity contribution < 1.29 is 18.0 Å². The molecule has 2 aromatic rings. The number of carbonyl (C=O) groups is 2. The second-order valence-electron chi connectivity index (χ2n) is 5.71. The third kappa shape index (κ3) is 4.09. The maximum atomic E-state index is 12.2. The molecule has 3 rings (SSSR count). The van der Waals surface area contributed by atoms with Gasteiger partial charge in [0.25, 0.3) is 21.8 Å². The van der Waals surface area contributed by atoms with E-state index >= 15 is 0 Å². The van der Waals surface area contributed by atoms with E-state index in [1.54, 1.807) is 30.3 Å². The van der Waals surface area contributed by atoms with Crippen molar-refractivity contribution in [1.82, 2.24) is 15.6 Å². The first-order chi connectivity index (χ1) is 12.8. The molecular weight excluding hydrogens is 392 g/mol. The molecule has 0 radical (unpaired) electrons. The van der Waals surface area contributed by atoms with E-state index in [1.807, 2.05) is 0 Å². The van der Waals surface area contributed by atoms with Crippen LogP contribution in [0, 0.1) is 0 Å². The predicted molar refractivity (Wildman–Crippen MR) is 99.8 cm³/mol. The Hall–Kier alpha value is -2.91. The zero-order valence-corrected chi connectivity index (χ0v) is 15.6. The number of hydrogen-bond donors (Lipinski definition) is 3. The number of rotatable bonds is 3. The van der Waals surface area contributed by atoms with Crippen LogP contribution in [0.5, 0.6) is 0 Å². The van der Waals surface area contributed by atoms with Crippen LogP contribution in [0.1, 0.15) is 22.8 Å². The van der Waals surface area contributed by atoms with E-state index in [0.29, 0.717) is 16.1 Å². The summed E-state index contributed by atoms with van der Waals surface area (Å²) in [5.74, 6) is -1.04. The minimum Gasteiger partial charge on any atom is -0.271 e. The SMILES string of the molecule is C[C@@H](N=C1NS(=O)(=O)c2ccccc21)C(=O)NNC(=O)c1ccc(Cl)cc1. The van der Waals surface area contributed by atoms with Gasteiger partial charge < -0.3 is 0 Å². The molecule has 2 aromatic carbocycles. The Kier molecular flexibility index (Phi) is 5.15. The average molecular weight is 407 g/mol. The minimum absolute atomic E-state index is 0.0808. The number of carbonyl (C=O) groups excluding carboxylic acids is 2. The van der Waals surface area contributed by atoms with Gasteiger partial charge in [0.15, 0.2) is 0 Å². The summed E-state index contributed by atoms with van der Waals surface area (Å²) in [7, 11) is -3.68. The second kappa shape index (κ2) is 7.37. The summed E-state index contributed by atoms with van der Waals surface area (Å²) in [6.45, 7) is 1.48. The quantitative estimate of drug-likeness (QED) is 0.664. The molecule has 1 heterocycles. The van der Waals surface area contributed by atoms with E-state index in [-0.39, 0.29) is 10.7 Å². The molecular formula is C17H15ClN4O4S. The number of nitrogens with zero attached hydrogens (tertiary/aromatic N) is 1. The summed E-state index contributed by atoms with van der Waals surface area (Å²) in [4.78, 5) is 28.4. The standard InChI is InChI=1S/C17H15ClN4O4S/c1-10(16(23)20-21-17(24)11-6-8-12(18)9-7-11)19-15-13-4-2-3-5-14(13)27(25,26)22-15/h2-10H,1H3,(H,19,22)(H,20,23)(H,21,24)/t10-/m1/s1. The van der Waals surface area contributed by atoms with Crippen molar-refractivity contribution in [2.45, 2.75) is 17.9 Å². The molecule has 0 saturated carbocycles. The van der Waals surface area contributed by atoms with Crippen LogP contribution in [-0.2, 0) is 14.8 Å². The summed E-state index contributed by atoms with van der Waals surface area (Å²) in [5, 5.41) is 0.485. The second-order valence-corrected chi connectivity index (χ2v) is 7.79. The summed E-state index contributed by atoms with van der Waals surface area (Å²) in [6, 6.07) is 11.5. The summed E-state index contributed by atoms with van der Waals surface area (Å²) < 4.78 is 26.4. The average Bonchev–Trinajstić information content (AvgIpc) is 2.90. The van der Waals surface area contributed by atoms with Crippen LogP contribution in [-0.4, -0.2) is 32.1 Å². The molecule has 0 spiro atoms. The number of hydrogen-bond acceptors (Lipinski definition) is 5. The number of amidine groups is 1. The highest BCUT2D eigenvalue weighted by Crippen LogP contribution is 2.22. The van der Waals surface area contributed by atoms with E-state index in [2.05, 4.69) is 20.6 Å². The molecule has 8 nitrogen and oxygen atoms in total. The third-order valence-corrected chi connectivity index (χ3v) is 5.42. The maximum absolute atomic E-state index is 12.2. The van der Waals surface area contributed by atoms with Gasteiger partial charge in [-0.3, -0.25) is 30.2 Å². The molecule has 0 saturated heterocycles. The van der Waals surface area contributed by atoms with Crippen LogP contribution in [0.25, 0.3) is 0 Å². The lowest BCUT2D eigenvalue weighted by molar-refractivity contribution is -0.122. The lowest BCUT2D eigenvalue weighted by Gasteiger charge is -2.11. The Morgan fingerprint density at radius 3 is 2.44 bits per heavy atom. The third-order valence-electron chi connectivity index (χ3n) is 3.77. The van der Waals surface area contributed by atoms with Crippen LogP contribution in [0.15, 0.2) is 58.4 Å². The van der Waals surface area contributed by atoms with E-state index in [4.69, 9.17) is 11.6 Å². The number of halogens is 1. The van der Waals surface area contributed by atoms with Gasteiger partial charge in [0.2, 0.25) is 0 Å². The molecule has 0 fully saturated rings. The minimum atomic E-state index is -3.68. The normalized spacial score (nSPS) is 16.9. The van der Waals surface area contributed by atoms with Crippen molar-refractivity contribution in [2.24, 2.45) is 4.99 Å². The van der Waals surface area contributed by atoms with Gasteiger partial charge in [-0.1, -0.05) is 23.7 Å². The predicted octanol–water partition coefficient (Wildman–Crippen LogP) is 1.23. The van der Waals surface area contributed by atoms with Crippen LogP contribution < -0.4 is 15.6 Å². The van der Waals surface area contributed by atoms with Crippen molar-refractivity contribution in [3.63, 3.8) is 0 Å². The molecule has 0 unspecified atom stereocenters. The highest BCUT2D eigenvalue weighted by Gasteiger charge is 2.31. The van der Waals surface area contributed by atoms with Crippen molar-refractivity contribution in [3.05, 3.63) is 64.7 Å². The molecule has 140 valence electrons. The Morgan fingerprint density at radius 2 is 1.74 bits per heavy atom. The van der Waals surface area contributed by atoms with Crippen molar-refractivity contribution in [1.29, 1.82) is 0 Å². The first kappa shape index (κ1) is 18.9. The van der Waals surface area contributed by atoms with Crippen LogP contribution in [0.3, 0.4) is 0 Å². The monoisotopic (exact) mass is 406 g/mol. The van der Waals surface area contributed by atoms with E-state index in [1.165, 1.54) is 25.1 Å². The van der Waals surface area contributed by atoms with Crippen molar-refractivity contribution in [2.75, 3.05) is 0 Å². The van der Waals surface area contributed by atoms with Gasteiger partial charge in [-0.25, -0.2) is 8.42 Å². The molecule has 27 heavy (non-hydrogen) atoms. The van der Waals surface area contributed by atoms with E-state index < -0.39 is 27.9 Å². The zero-order valence-electron chi connectivity index (χ0n) is 14.1. The number of sulfonamides is 1. The molecule has 1 aliphatic heterocycles. The Morgan fingerprint density at radius 1 is 1.07 bits per heavy atom. The summed E-state index contributed by atoms with van der Waals surface area (Å²) >= 11 is 5.76. The summed E-state index contributed by atoms with van der Waals surface area (Å²) in [6.07, 6.45) is 0. The zero-order chi connectivity index (χ0) is 19.6. The number of benzene rings is 2. The van der Waals surface area contributed by atoms with Gasteiger partial charge in [-0.2, -0.15) is 0 Å². The number of amides is 2. The molecule has 0 aliphatic carbocycles. The molecule has 3 N–H and O–H groups in total. The van der Waals surface area contributed by atoms with Gasteiger partial charge in [0.1, 0.15) is 11.9 Å². The summed E-state index contributed by atoms with van der Waals surface area (Å²) in [5.41, 5.74) is 5.24. The van der Waals surface area contributed by atoms with Gasteiger partial charge >= 0.3 is 0 Å². The van der Waals surface area contributed by atoms with E-state index in [9.17, 15) is 18.0 Å². The number of nitrogens with one attached hydrogen (secondary N) is 3.